The minimum Gasteiger partial charge on any atom is -0.408 e. The van der Waals surface area contributed by atoms with Crippen LogP contribution in [0.4, 0.5) is 6.01 Å². The van der Waals surface area contributed by atoms with Crippen molar-refractivity contribution in [3.63, 3.8) is 0 Å². The molecule has 1 aromatic carbocycles. The summed E-state index contributed by atoms with van der Waals surface area (Å²) in [5.41, 5.74) is 3.88. The minimum absolute atomic E-state index is 0.135. The van der Waals surface area contributed by atoms with E-state index in [1.807, 2.05) is 0 Å². The lowest BCUT2D eigenvalue weighted by Crippen LogP contribution is -2.09. The Morgan fingerprint density at radius 1 is 1.17 bits per heavy atom. The molecule has 0 saturated carbocycles. The van der Waals surface area contributed by atoms with Crippen molar-refractivity contribution < 1.29 is 4.42 Å². The number of hydrogen-bond acceptors (Lipinski definition) is 4. The van der Waals surface area contributed by atoms with Crippen LogP contribution in [-0.4, -0.2) is 14.8 Å². The molecule has 5 nitrogen and oxygen atoms in total. The maximum absolute atomic E-state index is 5.69. The molecule has 3 aromatic rings. The molecule has 1 N–H and O–H groups in total. The van der Waals surface area contributed by atoms with Crippen LogP contribution in [0.15, 0.2) is 28.7 Å². The van der Waals surface area contributed by atoms with Gasteiger partial charge in [-0.2, -0.15) is 0 Å². The average Bonchev–Trinajstić information content (AvgIpc) is 3.01. The van der Waals surface area contributed by atoms with E-state index < -0.39 is 0 Å². The summed E-state index contributed by atoms with van der Waals surface area (Å²) in [5.74, 6) is 0.675. The van der Waals surface area contributed by atoms with Crippen molar-refractivity contribution in [3.05, 3.63) is 41.4 Å². The van der Waals surface area contributed by atoms with E-state index >= 15 is 0 Å². The highest BCUT2D eigenvalue weighted by Crippen LogP contribution is 2.25. The molecule has 23 heavy (non-hydrogen) atoms. The third kappa shape index (κ3) is 3.23. The van der Waals surface area contributed by atoms with Crippen LogP contribution in [-0.2, 0) is 20.0 Å². The Kier molecular flexibility index (Phi) is 3.88. The molecule has 0 unspecified atom stereocenters. The summed E-state index contributed by atoms with van der Waals surface area (Å²) < 4.78 is 7.91. The normalized spacial score (nSPS) is 12.0. The molecule has 2 aromatic heterocycles. The van der Waals surface area contributed by atoms with Crippen LogP contribution in [0.3, 0.4) is 0 Å². The van der Waals surface area contributed by atoms with Gasteiger partial charge in [-0.25, -0.2) is 0 Å². The first-order valence-electron chi connectivity index (χ1n) is 7.94. The Morgan fingerprint density at radius 3 is 2.61 bits per heavy atom. The van der Waals surface area contributed by atoms with Gasteiger partial charge in [-0.1, -0.05) is 44.1 Å². The molecule has 3 rings (SSSR count). The second-order valence-corrected chi connectivity index (χ2v) is 7.24. The molecule has 0 aliphatic heterocycles. The van der Waals surface area contributed by atoms with Gasteiger partial charge in [0.2, 0.25) is 5.89 Å². The van der Waals surface area contributed by atoms with Crippen LogP contribution >= 0.6 is 0 Å². The molecule has 0 aliphatic rings. The summed E-state index contributed by atoms with van der Waals surface area (Å²) in [6.07, 6.45) is 0.773. The van der Waals surface area contributed by atoms with Gasteiger partial charge in [0.05, 0.1) is 6.54 Å². The van der Waals surface area contributed by atoms with Gasteiger partial charge in [0, 0.05) is 30.1 Å². The quantitative estimate of drug-likeness (QED) is 0.789. The fourth-order valence-electron chi connectivity index (χ4n) is 2.90. The zero-order chi connectivity index (χ0) is 16.6. The van der Waals surface area contributed by atoms with Crippen molar-refractivity contribution in [2.75, 3.05) is 5.32 Å². The van der Waals surface area contributed by atoms with E-state index in [1.165, 1.54) is 22.2 Å². The third-order valence-electron chi connectivity index (χ3n) is 4.06. The van der Waals surface area contributed by atoms with E-state index in [9.17, 15) is 0 Å². The highest BCUT2D eigenvalue weighted by Gasteiger charge is 2.17. The summed E-state index contributed by atoms with van der Waals surface area (Å²) in [5, 5.41) is 12.7. The Balaban J connectivity index is 1.76. The predicted octanol–water partition coefficient (Wildman–Crippen LogP) is 4.07. The van der Waals surface area contributed by atoms with Crippen LogP contribution < -0.4 is 5.32 Å². The van der Waals surface area contributed by atoms with Crippen LogP contribution in [0.2, 0.25) is 0 Å². The zero-order valence-corrected chi connectivity index (χ0v) is 14.5. The lowest BCUT2D eigenvalue weighted by atomic mass is 9.92. The second kappa shape index (κ2) is 5.72. The molecule has 0 spiro atoms. The van der Waals surface area contributed by atoms with Gasteiger partial charge in [0.25, 0.3) is 0 Å². The SMILES string of the molecule is Cc1c(CNc2nnc(CC(C)(C)C)o2)n(C)c2ccccc12. The lowest BCUT2D eigenvalue weighted by molar-refractivity contribution is 0.357. The third-order valence-corrected chi connectivity index (χ3v) is 4.06. The maximum Gasteiger partial charge on any atom is 0.315 e. The Hall–Kier alpha value is -2.30. The number of hydrogen-bond donors (Lipinski definition) is 1. The number of benzene rings is 1. The molecule has 5 heteroatoms. The van der Waals surface area contributed by atoms with Gasteiger partial charge >= 0.3 is 6.01 Å². The van der Waals surface area contributed by atoms with Gasteiger partial charge in [-0.3, -0.25) is 0 Å². The molecule has 0 atom stereocenters. The number of aryl methyl sites for hydroxylation is 2. The highest BCUT2D eigenvalue weighted by molar-refractivity contribution is 5.85. The number of para-hydroxylation sites is 1. The Labute approximate surface area is 136 Å². The molecular formula is C18H24N4O. The van der Waals surface area contributed by atoms with Crippen molar-refractivity contribution >= 4 is 16.9 Å². The molecule has 0 radical (unpaired) electrons. The fourth-order valence-corrected chi connectivity index (χ4v) is 2.90. The van der Waals surface area contributed by atoms with E-state index in [0.29, 0.717) is 18.5 Å². The van der Waals surface area contributed by atoms with Gasteiger partial charge < -0.3 is 14.3 Å². The zero-order valence-electron chi connectivity index (χ0n) is 14.5. The summed E-state index contributed by atoms with van der Waals surface area (Å²) in [6.45, 7) is 9.28. The molecule has 2 heterocycles. The van der Waals surface area contributed by atoms with Gasteiger partial charge in [-0.15, -0.1) is 5.10 Å². The summed E-state index contributed by atoms with van der Waals surface area (Å²) in [7, 11) is 2.09. The number of anilines is 1. The smallest absolute Gasteiger partial charge is 0.315 e. The van der Waals surface area contributed by atoms with Gasteiger partial charge in [0.15, 0.2) is 0 Å². The number of rotatable bonds is 4. The number of nitrogens with zero attached hydrogens (tertiary/aromatic N) is 3. The molecule has 0 fully saturated rings. The number of nitrogens with one attached hydrogen (secondary N) is 1. The van der Waals surface area contributed by atoms with E-state index in [4.69, 9.17) is 4.42 Å². The summed E-state index contributed by atoms with van der Waals surface area (Å²) >= 11 is 0. The standard InChI is InChI=1S/C18H24N4O/c1-12-13-8-6-7-9-14(13)22(5)15(12)11-19-17-21-20-16(23-17)10-18(2,3)4/h6-9H,10-11H2,1-5H3,(H,19,21). The summed E-state index contributed by atoms with van der Waals surface area (Å²) in [6, 6.07) is 8.91. The lowest BCUT2D eigenvalue weighted by Gasteiger charge is -2.14. The van der Waals surface area contributed by atoms with Gasteiger partial charge in [-0.05, 0) is 24.0 Å². The Morgan fingerprint density at radius 2 is 1.91 bits per heavy atom. The van der Waals surface area contributed by atoms with Crippen LogP contribution in [0.25, 0.3) is 10.9 Å². The summed E-state index contributed by atoms with van der Waals surface area (Å²) in [4.78, 5) is 0. The molecule has 0 bridgehead atoms. The van der Waals surface area contributed by atoms with Gasteiger partial charge in [0.1, 0.15) is 0 Å². The topological polar surface area (TPSA) is 55.9 Å². The predicted molar refractivity (Wildman–Crippen MR) is 92.4 cm³/mol. The van der Waals surface area contributed by atoms with Crippen LogP contribution in [0.5, 0.6) is 0 Å². The van der Waals surface area contributed by atoms with Crippen LogP contribution in [0.1, 0.15) is 37.9 Å². The van der Waals surface area contributed by atoms with Crippen molar-refractivity contribution in [2.45, 2.75) is 40.7 Å². The largest absolute Gasteiger partial charge is 0.408 e. The van der Waals surface area contributed by atoms with Crippen molar-refractivity contribution in [1.29, 1.82) is 0 Å². The van der Waals surface area contributed by atoms with E-state index in [-0.39, 0.29) is 5.41 Å². The molecule has 122 valence electrons. The fraction of sp³-hybridized carbons (Fsp3) is 0.444. The van der Waals surface area contributed by atoms with Crippen molar-refractivity contribution in [2.24, 2.45) is 12.5 Å². The van der Waals surface area contributed by atoms with Crippen molar-refractivity contribution in [3.8, 4) is 0 Å². The van der Waals surface area contributed by atoms with E-state index in [2.05, 4.69) is 79.1 Å². The van der Waals surface area contributed by atoms with E-state index in [1.54, 1.807) is 0 Å². The monoisotopic (exact) mass is 312 g/mol. The molecular weight excluding hydrogens is 288 g/mol. The minimum atomic E-state index is 0.135. The van der Waals surface area contributed by atoms with E-state index in [0.717, 1.165) is 6.42 Å². The molecule has 0 aliphatic carbocycles. The highest BCUT2D eigenvalue weighted by atomic mass is 16.4. The number of fused-ring (bicyclic) bond motifs is 1. The average molecular weight is 312 g/mol. The first kappa shape index (κ1) is 15.6. The number of aromatic nitrogens is 3. The second-order valence-electron chi connectivity index (χ2n) is 7.24. The molecule has 0 amide bonds. The van der Waals surface area contributed by atoms with Crippen molar-refractivity contribution in [1.82, 2.24) is 14.8 Å². The Bertz CT molecular complexity index is 784. The first-order valence-corrected chi connectivity index (χ1v) is 7.94. The first-order chi connectivity index (χ1) is 10.8. The molecule has 0 saturated heterocycles. The van der Waals surface area contributed by atoms with Crippen LogP contribution in [0, 0.1) is 12.3 Å². The maximum atomic E-state index is 5.69.